The minimum Gasteiger partial charge on any atom is -0.496 e. The van der Waals surface area contributed by atoms with Crippen LogP contribution >= 0.6 is 0 Å². The maximum atomic E-state index is 12.9. The van der Waals surface area contributed by atoms with E-state index in [9.17, 15) is 9.90 Å². The third kappa shape index (κ3) is 3.42. The number of rotatable bonds is 5. The summed E-state index contributed by atoms with van der Waals surface area (Å²) in [6, 6.07) is 5.63. The third-order valence-corrected chi connectivity index (χ3v) is 4.37. The van der Waals surface area contributed by atoms with Gasteiger partial charge in [-0.05, 0) is 38.6 Å². The van der Waals surface area contributed by atoms with Crippen molar-refractivity contribution in [3.05, 3.63) is 29.3 Å². The lowest BCUT2D eigenvalue weighted by Crippen LogP contribution is -2.31. The fraction of sp³-hybridized carbons (Fsp3) is 0.588. The summed E-state index contributed by atoms with van der Waals surface area (Å²) in [5.74, 6) is 1.05. The van der Waals surface area contributed by atoms with Crippen LogP contribution in [-0.4, -0.2) is 68.3 Å². The molecule has 0 bridgehead atoms. The Morgan fingerprint density at radius 2 is 2.05 bits per heavy atom. The highest BCUT2D eigenvalue weighted by atomic mass is 16.5. The predicted molar refractivity (Wildman–Crippen MR) is 86.3 cm³/mol. The smallest absolute Gasteiger partial charge is 0.257 e. The van der Waals surface area contributed by atoms with Gasteiger partial charge < -0.3 is 19.6 Å². The summed E-state index contributed by atoms with van der Waals surface area (Å²) in [4.78, 5) is 16.8. The van der Waals surface area contributed by atoms with Crippen LogP contribution in [0, 0.1) is 18.8 Å². The molecule has 2 rings (SSSR count). The van der Waals surface area contributed by atoms with Crippen molar-refractivity contribution in [3.8, 4) is 5.75 Å². The lowest BCUT2D eigenvalue weighted by molar-refractivity contribution is 0.0775. The maximum absolute atomic E-state index is 12.9. The second kappa shape index (κ2) is 7.11. The number of aliphatic hydroxyl groups is 1. The summed E-state index contributed by atoms with van der Waals surface area (Å²) in [6.45, 7) is 4.20. The van der Waals surface area contributed by atoms with Crippen LogP contribution in [-0.2, 0) is 0 Å². The Labute approximate surface area is 132 Å². The van der Waals surface area contributed by atoms with E-state index in [4.69, 9.17) is 4.74 Å². The number of hydrogen-bond acceptors (Lipinski definition) is 4. The van der Waals surface area contributed by atoms with Crippen LogP contribution in [0.1, 0.15) is 15.9 Å². The molecule has 0 spiro atoms. The second-order valence-corrected chi connectivity index (χ2v) is 6.33. The van der Waals surface area contributed by atoms with Crippen molar-refractivity contribution in [2.24, 2.45) is 11.8 Å². The van der Waals surface area contributed by atoms with Crippen LogP contribution in [0.2, 0.25) is 0 Å². The SMILES string of the molecule is COc1cccc(C)c1C(=O)N1C[C@@H](CN(C)C)[C@@H](CO)C1. The van der Waals surface area contributed by atoms with Crippen molar-refractivity contribution in [2.45, 2.75) is 6.92 Å². The summed E-state index contributed by atoms with van der Waals surface area (Å²) in [5.41, 5.74) is 1.55. The van der Waals surface area contributed by atoms with Crippen LogP contribution in [0.3, 0.4) is 0 Å². The normalized spacial score (nSPS) is 21.5. The zero-order valence-electron chi connectivity index (χ0n) is 13.9. The molecule has 5 heteroatoms. The van der Waals surface area contributed by atoms with Crippen LogP contribution in [0.4, 0.5) is 0 Å². The first-order valence-corrected chi connectivity index (χ1v) is 7.66. The summed E-state index contributed by atoms with van der Waals surface area (Å²) in [6.07, 6.45) is 0. The van der Waals surface area contributed by atoms with Crippen molar-refractivity contribution in [3.63, 3.8) is 0 Å². The number of likely N-dealkylation sites (tertiary alicyclic amines) is 1. The zero-order chi connectivity index (χ0) is 16.3. The topological polar surface area (TPSA) is 53.0 Å². The molecule has 1 N–H and O–H groups in total. The van der Waals surface area contributed by atoms with Gasteiger partial charge in [-0.2, -0.15) is 0 Å². The number of ether oxygens (including phenoxy) is 1. The Kier molecular flexibility index (Phi) is 5.42. The molecule has 22 heavy (non-hydrogen) atoms. The number of aryl methyl sites for hydroxylation is 1. The van der Waals surface area contributed by atoms with Gasteiger partial charge >= 0.3 is 0 Å². The molecule has 1 heterocycles. The second-order valence-electron chi connectivity index (χ2n) is 6.33. The average Bonchev–Trinajstić information content (AvgIpc) is 2.88. The zero-order valence-corrected chi connectivity index (χ0v) is 13.9. The first kappa shape index (κ1) is 16.8. The lowest BCUT2D eigenvalue weighted by Gasteiger charge is -2.21. The van der Waals surface area contributed by atoms with E-state index in [2.05, 4.69) is 4.90 Å². The van der Waals surface area contributed by atoms with Gasteiger partial charge in [-0.25, -0.2) is 0 Å². The van der Waals surface area contributed by atoms with Gasteiger partial charge in [-0.1, -0.05) is 12.1 Å². The minimum absolute atomic E-state index is 0.00495. The van der Waals surface area contributed by atoms with E-state index in [-0.39, 0.29) is 18.4 Å². The highest BCUT2D eigenvalue weighted by molar-refractivity contribution is 5.98. The highest BCUT2D eigenvalue weighted by Gasteiger charge is 2.36. The van der Waals surface area contributed by atoms with Crippen LogP contribution in [0.5, 0.6) is 5.75 Å². The van der Waals surface area contributed by atoms with Crippen molar-refractivity contribution in [1.29, 1.82) is 0 Å². The third-order valence-electron chi connectivity index (χ3n) is 4.37. The standard InChI is InChI=1S/C17H26N2O3/c1-12-6-5-7-15(22-4)16(12)17(21)19-9-13(8-18(2)3)14(10-19)11-20/h5-7,13-14,20H,8-11H2,1-4H3/t13-,14-/m1/s1. The summed E-state index contributed by atoms with van der Waals surface area (Å²) >= 11 is 0. The molecular weight excluding hydrogens is 280 g/mol. The molecule has 122 valence electrons. The molecule has 1 amide bonds. The molecule has 1 aliphatic heterocycles. The largest absolute Gasteiger partial charge is 0.496 e. The first-order chi connectivity index (χ1) is 10.5. The average molecular weight is 306 g/mol. The summed E-state index contributed by atoms with van der Waals surface area (Å²) in [7, 11) is 5.62. The lowest BCUT2D eigenvalue weighted by atomic mass is 9.97. The summed E-state index contributed by atoms with van der Waals surface area (Å²) < 4.78 is 5.35. The van der Waals surface area contributed by atoms with Crippen molar-refractivity contribution >= 4 is 5.91 Å². The molecule has 1 aromatic rings. The number of carbonyl (C=O) groups is 1. The molecule has 1 aromatic carbocycles. The number of methoxy groups -OCH3 is 1. The first-order valence-electron chi connectivity index (χ1n) is 7.66. The van der Waals surface area contributed by atoms with E-state index in [1.807, 2.05) is 44.1 Å². The van der Waals surface area contributed by atoms with E-state index in [0.717, 1.165) is 12.1 Å². The van der Waals surface area contributed by atoms with Gasteiger partial charge in [0.05, 0.1) is 12.7 Å². The molecular formula is C17H26N2O3. The maximum Gasteiger partial charge on any atom is 0.257 e. The fourth-order valence-electron chi connectivity index (χ4n) is 3.23. The number of amides is 1. The van der Waals surface area contributed by atoms with Crippen LogP contribution < -0.4 is 4.74 Å². The van der Waals surface area contributed by atoms with Gasteiger partial charge in [0.1, 0.15) is 5.75 Å². The molecule has 0 aromatic heterocycles. The van der Waals surface area contributed by atoms with Gasteiger partial charge in [0.2, 0.25) is 0 Å². The van der Waals surface area contributed by atoms with Crippen molar-refractivity contribution < 1.29 is 14.6 Å². The van der Waals surface area contributed by atoms with E-state index in [1.54, 1.807) is 7.11 Å². The van der Waals surface area contributed by atoms with Gasteiger partial charge in [0, 0.05) is 32.2 Å². The predicted octanol–water partition coefficient (Wildman–Crippen LogP) is 1.25. The number of nitrogens with zero attached hydrogens (tertiary/aromatic N) is 2. The number of carbonyl (C=O) groups excluding carboxylic acids is 1. The van der Waals surface area contributed by atoms with E-state index >= 15 is 0 Å². The van der Waals surface area contributed by atoms with E-state index in [0.29, 0.717) is 30.3 Å². The van der Waals surface area contributed by atoms with Crippen molar-refractivity contribution in [2.75, 3.05) is 47.4 Å². The van der Waals surface area contributed by atoms with Gasteiger partial charge in [0.15, 0.2) is 0 Å². The van der Waals surface area contributed by atoms with Gasteiger partial charge in [-0.15, -0.1) is 0 Å². The highest BCUT2D eigenvalue weighted by Crippen LogP contribution is 2.29. The molecule has 0 saturated carbocycles. The molecule has 0 radical (unpaired) electrons. The van der Waals surface area contributed by atoms with E-state index in [1.165, 1.54) is 0 Å². The van der Waals surface area contributed by atoms with Crippen LogP contribution in [0.25, 0.3) is 0 Å². The van der Waals surface area contributed by atoms with Gasteiger partial charge in [0.25, 0.3) is 5.91 Å². The molecule has 1 fully saturated rings. The number of aliphatic hydroxyl groups excluding tert-OH is 1. The fourth-order valence-corrected chi connectivity index (χ4v) is 3.23. The Balaban J connectivity index is 2.21. The van der Waals surface area contributed by atoms with Gasteiger partial charge in [-0.3, -0.25) is 4.79 Å². The molecule has 5 nitrogen and oxygen atoms in total. The number of hydrogen-bond donors (Lipinski definition) is 1. The Morgan fingerprint density at radius 1 is 1.36 bits per heavy atom. The van der Waals surface area contributed by atoms with Crippen LogP contribution in [0.15, 0.2) is 18.2 Å². The monoisotopic (exact) mass is 306 g/mol. The quantitative estimate of drug-likeness (QED) is 0.889. The Hall–Kier alpha value is -1.59. The molecule has 0 aliphatic carbocycles. The van der Waals surface area contributed by atoms with E-state index < -0.39 is 0 Å². The Bertz CT molecular complexity index is 531. The molecule has 1 saturated heterocycles. The van der Waals surface area contributed by atoms with Crippen molar-refractivity contribution in [1.82, 2.24) is 9.80 Å². The molecule has 1 aliphatic rings. The molecule has 0 unspecified atom stereocenters. The number of benzene rings is 1. The minimum atomic E-state index is -0.00495. The summed E-state index contributed by atoms with van der Waals surface area (Å²) in [5, 5.41) is 9.59. The molecule has 2 atom stereocenters. The Morgan fingerprint density at radius 3 is 2.64 bits per heavy atom.